The van der Waals surface area contributed by atoms with Gasteiger partial charge < -0.3 is 14.8 Å². The molecule has 1 aliphatic rings. The van der Waals surface area contributed by atoms with E-state index in [4.69, 9.17) is 4.42 Å². The molecule has 6 heteroatoms. The van der Waals surface area contributed by atoms with Gasteiger partial charge in [0.1, 0.15) is 28.3 Å². The fourth-order valence-electron chi connectivity index (χ4n) is 3.15. The number of furan rings is 1. The average molecular weight is 329 g/mol. The number of nitrogens with zero attached hydrogens (tertiary/aromatic N) is 2. The molecule has 3 aromatic rings. The zero-order chi connectivity index (χ0) is 15.9. The third kappa shape index (κ3) is 2.62. The lowest BCUT2D eigenvalue weighted by molar-refractivity contribution is 0.0476. The van der Waals surface area contributed by atoms with Crippen LogP contribution in [-0.4, -0.2) is 21.6 Å². The SMILES string of the molecule is CC(O)(CNc1ncnc2sc3c(c12)CCCC3)c1ccco1. The molecule has 5 nitrogen and oxygen atoms in total. The van der Waals surface area contributed by atoms with E-state index in [0.29, 0.717) is 12.3 Å². The quantitative estimate of drug-likeness (QED) is 0.767. The Labute approximate surface area is 138 Å². The molecule has 23 heavy (non-hydrogen) atoms. The predicted octanol–water partition coefficient (Wildman–Crippen LogP) is 3.48. The summed E-state index contributed by atoms with van der Waals surface area (Å²) in [7, 11) is 0. The first-order valence-corrected chi connectivity index (χ1v) is 8.72. The molecule has 1 atom stereocenters. The molecule has 0 saturated carbocycles. The van der Waals surface area contributed by atoms with Gasteiger partial charge in [0.25, 0.3) is 0 Å². The van der Waals surface area contributed by atoms with Crippen molar-refractivity contribution in [2.75, 3.05) is 11.9 Å². The van der Waals surface area contributed by atoms with Crippen molar-refractivity contribution in [2.24, 2.45) is 0 Å². The number of aliphatic hydroxyl groups is 1. The van der Waals surface area contributed by atoms with Crippen molar-refractivity contribution in [1.29, 1.82) is 0 Å². The molecule has 1 unspecified atom stereocenters. The fourth-order valence-corrected chi connectivity index (χ4v) is 4.38. The maximum Gasteiger partial charge on any atom is 0.138 e. The predicted molar refractivity (Wildman–Crippen MR) is 90.8 cm³/mol. The van der Waals surface area contributed by atoms with Gasteiger partial charge in [0.15, 0.2) is 0 Å². The molecule has 3 heterocycles. The topological polar surface area (TPSA) is 71.2 Å². The van der Waals surface area contributed by atoms with Crippen LogP contribution in [0.1, 0.15) is 36.0 Å². The lowest BCUT2D eigenvalue weighted by atomic mass is 9.97. The molecular weight excluding hydrogens is 310 g/mol. The van der Waals surface area contributed by atoms with E-state index in [0.717, 1.165) is 28.9 Å². The summed E-state index contributed by atoms with van der Waals surface area (Å²) in [6.45, 7) is 2.07. The van der Waals surface area contributed by atoms with Crippen molar-refractivity contribution in [1.82, 2.24) is 9.97 Å². The van der Waals surface area contributed by atoms with Gasteiger partial charge in [-0.05, 0) is 50.3 Å². The zero-order valence-electron chi connectivity index (χ0n) is 13.0. The first-order chi connectivity index (χ1) is 11.1. The van der Waals surface area contributed by atoms with Crippen LogP contribution in [0.4, 0.5) is 5.82 Å². The summed E-state index contributed by atoms with van der Waals surface area (Å²) in [6, 6.07) is 3.56. The Balaban J connectivity index is 1.65. The summed E-state index contributed by atoms with van der Waals surface area (Å²) in [5.74, 6) is 1.35. The number of nitrogens with one attached hydrogen (secondary N) is 1. The van der Waals surface area contributed by atoms with E-state index in [1.54, 1.807) is 43.0 Å². The molecule has 0 spiro atoms. The molecule has 4 rings (SSSR count). The van der Waals surface area contributed by atoms with Gasteiger partial charge in [0.05, 0.1) is 18.2 Å². The van der Waals surface area contributed by atoms with E-state index < -0.39 is 5.60 Å². The van der Waals surface area contributed by atoms with Crippen molar-refractivity contribution >= 4 is 27.4 Å². The van der Waals surface area contributed by atoms with E-state index in [1.165, 1.54) is 23.3 Å². The van der Waals surface area contributed by atoms with Crippen molar-refractivity contribution < 1.29 is 9.52 Å². The van der Waals surface area contributed by atoms with Crippen LogP contribution in [0.25, 0.3) is 10.2 Å². The van der Waals surface area contributed by atoms with Crippen molar-refractivity contribution in [3.63, 3.8) is 0 Å². The monoisotopic (exact) mass is 329 g/mol. The van der Waals surface area contributed by atoms with Gasteiger partial charge in [-0.1, -0.05) is 0 Å². The molecule has 0 amide bonds. The smallest absolute Gasteiger partial charge is 0.138 e. The summed E-state index contributed by atoms with van der Waals surface area (Å²) in [6.07, 6.45) is 7.86. The second kappa shape index (κ2) is 5.62. The van der Waals surface area contributed by atoms with E-state index in [9.17, 15) is 5.11 Å². The van der Waals surface area contributed by atoms with Crippen LogP contribution < -0.4 is 5.32 Å². The van der Waals surface area contributed by atoms with Crippen molar-refractivity contribution in [2.45, 2.75) is 38.2 Å². The molecule has 0 saturated heterocycles. The maximum atomic E-state index is 10.6. The Kier molecular flexibility index (Phi) is 3.58. The minimum atomic E-state index is -1.09. The standard InChI is InChI=1S/C17H19N3O2S/c1-17(21,13-7-4-8-22-13)9-18-15-14-11-5-2-3-6-12(11)23-16(14)20-10-19-15/h4,7-8,10,21H,2-3,5-6,9H2,1H3,(H,18,19,20). The molecule has 0 bridgehead atoms. The van der Waals surface area contributed by atoms with Gasteiger partial charge in [0, 0.05) is 4.88 Å². The number of hydrogen-bond acceptors (Lipinski definition) is 6. The highest BCUT2D eigenvalue weighted by Crippen LogP contribution is 2.38. The van der Waals surface area contributed by atoms with Crippen LogP contribution in [0, 0.1) is 0 Å². The normalized spacial score (nSPS) is 17.0. The largest absolute Gasteiger partial charge is 0.466 e. The summed E-state index contributed by atoms with van der Waals surface area (Å²) >= 11 is 1.77. The highest BCUT2D eigenvalue weighted by Gasteiger charge is 2.27. The Bertz CT molecular complexity index is 824. The first kappa shape index (κ1) is 14.7. The number of fused-ring (bicyclic) bond motifs is 3. The number of hydrogen-bond donors (Lipinski definition) is 2. The number of rotatable bonds is 4. The van der Waals surface area contributed by atoms with Crippen molar-refractivity contribution in [3.8, 4) is 0 Å². The summed E-state index contributed by atoms with van der Waals surface area (Å²) in [5.41, 5.74) is 0.300. The minimum absolute atomic E-state index is 0.331. The lowest BCUT2D eigenvalue weighted by Crippen LogP contribution is -2.30. The molecule has 0 aromatic carbocycles. The molecule has 0 radical (unpaired) electrons. The number of aryl methyl sites for hydroxylation is 2. The van der Waals surface area contributed by atoms with Crippen LogP contribution in [0.5, 0.6) is 0 Å². The van der Waals surface area contributed by atoms with E-state index in [-0.39, 0.29) is 0 Å². The highest BCUT2D eigenvalue weighted by molar-refractivity contribution is 7.19. The molecule has 3 aromatic heterocycles. The van der Waals surface area contributed by atoms with Gasteiger partial charge >= 0.3 is 0 Å². The molecule has 0 aliphatic heterocycles. The Morgan fingerprint density at radius 3 is 3.04 bits per heavy atom. The highest BCUT2D eigenvalue weighted by atomic mass is 32.1. The second-order valence-electron chi connectivity index (χ2n) is 6.22. The Hall–Kier alpha value is -1.92. The second-order valence-corrected chi connectivity index (χ2v) is 7.30. The van der Waals surface area contributed by atoms with Crippen molar-refractivity contribution in [3.05, 3.63) is 40.9 Å². The van der Waals surface area contributed by atoms with Gasteiger partial charge in [-0.25, -0.2) is 9.97 Å². The van der Waals surface area contributed by atoms with E-state index >= 15 is 0 Å². The molecule has 1 aliphatic carbocycles. The average Bonchev–Trinajstić information content (AvgIpc) is 3.20. The summed E-state index contributed by atoms with van der Waals surface area (Å²) in [5, 5.41) is 15.0. The molecule has 0 fully saturated rings. The van der Waals surface area contributed by atoms with Gasteiger partial charge in [-0.2, -0.15) is 0 Å². The summed E-state index contributed by atoms with van der Waals surface area (Å²) < 4.78 is 5.33. The number of aromatic nitrogens is 2. The van der Waals surface area contributed by atoms with Gasteiger partial charge in [0.2, 0.25) is 0 Å². The molecule has 2 N–H and O–H groups in total. The zero-order valence-corrected chi connectivity index (χ0v) is 13.8. The Morgan fingerprint density at radius 2 is 2.22 bits per heavy atom. The number of anilines is 1. The van der Waals surface area contributed by atoms with Crippen LogP contribution in [0.2, 0.25) is 0 Å². The van der Waals surface area contributed by atoms with E-state index in [1.807, 2.05) is 0 Å². The maximum absolute atomic E-state index is 10.6. The van der Waals surface area contributed by atoms with E-state index in [2.05, 4.69) is 15.3 Å². The van der Waals surface area contributed by atoms with Crippen LogP contribution >= 0.6 is 11.3 Å². The first-order valence-electron chi connectivity index (χ1n) is 7.90. The van der Waals surface area contributed by atoms with Gasteiger partial charge in [-0.3, -0.25) is 0 Å². The minimum Gasteiger partial charge on any atom is -0.466 e. The van der Waals surface area contributed by atoms with Crippen LogP contribution in [0.3, 0.4) is 0 Å². The fraction of sp³-hybridized carbons (Fsp3) is 0.412. The van der Waals surface area contributed by atoms with Crippen LogP contribution in [0.15, 0.2) is 29.1 Å². The van der Waals surface area contributed by atoms with Crippen LogP contribution in [-0.2, 0) is 18.4 Å². The third-order valence-corrected chi connectivity index (χ3v) is 5.60. The third-order valence-electron chi connectivity index (χ3n) is 4.40. The summed E-state index contributed by atoms with van der Waals surface area (Å²) in [4.78, 5) is 11.3. The number of thiophene rings is 1. The molecular formula is C17H19N3O2S. The Morgan fingerprint density at radius 1 is 1.35 bits per heavy atom. The molecule has 120 valence electrons. The lowest BCUT2D eigenvalue weighted by Gasteiger charge is -2.22. The van der Waals surface area contributed by atoms with Gasteiger partial charge in [-0.15, -0.1) is 11.3 Å².